The molecule has 3 amide bonds. The van der Waals surface area contributed by atoms with E-state index in [1.54, 1.807) is 14.1 Å². The first-order valence-corrected chi connectivity index (χ1v) is 10.1. The molecule has 4 unspecified atom stereocenters. The first kappa shape index (κ1) is 20.4. The van der Waals surface area contributed by atoms with E-state index in [1.165, 1.54) is 9.80 Å². The lowest BCUT2D eigenvalue weighted by molar-refractivity contribution is -0.140. The summed E-state index contributed by atoms with van der Waals surface area (Å²) in [5.74, 6) is 0.907. The normalized spacial score (nSPS) is 28.3. The highest BCUT2D eigenvalue weighted by atomic mass is 16.2. The largest absolute Gasteiger partial charge is 0.356 e. The maximum absolute atomic E-state index is 12.7. The van der Waals surface area contributed by atoms with Crippen LogP contribution in [0.2, 0.25) is 0 Å². The van der Waals surface area contributed by atoms with Crippen LogP contribution < -0.4 is 10.6 Å². The molecule has 0 radical (unpaired) electrons. The number of rotatable bonds is 7. The van der Waals surface area contributed by atoms with Crippen molar-refractivity contribution in [2.45, 2.75) is 20.3 Å². The van der Waals surface area contributed by atoms with E-state index in [4.69, 9.17) is 0 Å². The Morgan fingerprint density at radius 3 is 2.32 bits per heavy atom. The van der Waals surface area contributed by atoms with E-state index in [2.05, 4.69) is 41.6 Å². The first-order chi connectivity index (χ1) is 13.3. The molecule has 8 heteroatoms. The molecule has 2 N–H and O–H groups in total. The highest BCUT2D eigenvalue weighted by Crippen LogP contribution is 2.52. The fourth-order valence-corrected chi connectivity index (χ4v) is 4.23. The zero-order valence-electron chi connectivity index (χ0n) is 17.1. The van der Waals surface area contributed by atoms with Crippen molar-refractivity contribution in [3.05, 3.63) is 12.2 Å². The first-order valence-electron chi connectivity index (χ1n) is 10.1. The number of hydrogen-bond acceptors (Lipinski definition) is 4. The molecular weight excluding hydrogens is 358 g/mol. The quantitative estimate of drug-likeness (QED) is 0.278. The number of nitrogens with one attached hydrogen (secondary N) is 2. The Morgan fingerprint density at radius 2 is 1.79 bits per heavy atom. The van der Waals surface area contributed by atoms with Crippen LogP contribution in [-0.4, -0.2) is 73.8 Å². The fourth-order valence-electron chi connectivity index (χ4n) is 4.23. The van der Waals surface area contributed by atoms with Crippen LogP contribution in [-0.2, 0) is 14.4 Å². The number of aliphatic imine (C=N–C) groups is 1. The smallest absolute Gasteiger partial charge is 0.243 e. The van der Waals surface area contributed by atoms with Crippen molar-refractivity contribution in [2.75, 3.05) is 40.3 Å². The SMILES string of the molecule is CC(C)CNC(=NCC(=O)N(C)C)NCCN1C(=O)C2C3C=CC(C3)C2C1=O. The van der Waals surface area contributed by atoms with E-state index in [9.17, 15) is 14.4 Å². The lowest BCUT2D eigenvalue weighted by atomic mass is 9.85. The molecule has 2 bridgehead atoms. The molecule has 1 saturated carbocycles. The van der Waals surface area contributed by atoms with Crippen molar-refractivity contribution in [3.8, 4) is 0 Å². The van der Waals surface area contributed by atoms with E-state index >= 15 is 0 Å². The summed E-state index contributed by atoms with van der Waals surface area (Å²) in [6.45, 7) is 5.63. The van der Waals surface area contributed by atoms with Crippen molar-refractivity contribution in [2.24, 2.45) is 34.6 Å². The summed E-state index contributed by atoms with van der Waals surface area (Å²) in [5.41, 5.74) is 0. The third kappa shape index (κ3) is 4.05. The lowest BCUT2D eigenvalue weighted by Gasteiger charge is -2.19. The summed E-state index contributed by atoms with van der Waals surface area (Å²) in [6, 6.07) is 0. The van der Waals surface area contributed by atoms with Crippen LogP contribution in [0.1, 0.15) is 20.3 Å². The Balaban J connectivity index is 1.55. The average Bonchev–Trinajstić information content (AvgIpc) is 3.32. The zero-order chi connectivity index (χ0) is 20.4. The topological polar surface area (TPSA) is 94.1 Å². The summed E-state index contributed by atoms with van der Waals surface area (Å²) in [6.07, 6.45) is 5.14. The van der Waals surface area contributed by atoms with Crippen LogP contribution >= 0.6 is 0 Å². The molecule has 0 spiro atoms. The molecule has 2 fully saturated rings. The number of carbonyl (C=O) groups is 3. The van der Waals surface area contributed by atoms with E-state index in [1.807, 2.05) is 0 Å². The summed E-state index contributed by atoms with van der Waals surface area (Å²) >= 11 is 0. The minimum atomic E-state index is -0.160. The Bertz CT molecular complexity index is 670. The maximum atomic E-state index is 12.7. The lowest BCUT2D eigenvalue weighted by Crippen LogP contribution is -2.45. The van der Waals surface area contributed by atoms with Gasteiger partial charge in [-0.25, -0.2) is 4.99 Å². The van der Waals surface area contributed by atoms with E-state index in [0.29, 0.717) is 31.5 Å². The van der Waals surface area contributed by atoms with Crippen LogP contribution in [0.4, 0.5) is 0 Å². The molecule has 3 aliphatic rings. The highest BCUT2D eigenvalue weighted by molar-refractivity contribution is 6.06. The van der Waals surface area contributed by atoms with Crippen molar-refractivity contribution in [1.82, 2.24) is 20.4 Å². The number of guanidine groups is 1. The van der Waals surface area contributed by atoms with Crippen molar-refractivity contribution < 1.29 is 14.4 Å². The molecule has 1 heterocycles. The van der Waals surface area contributed by atoms with Gasteiger partial charge in [0.25, 0.3) is 0 Å². The zero-order valence-corrected chi connectivity index (χ0v) is 17.1. The molecule has 8 nitrogen and oxygen atoms in total. The summed E-state index contributed by atoms with van der Waals surface area (Å²) in [4.78, 5) is 44.4. The van der Waals surface area contributed by atoms with Crippen LogP contribution in [0.15, 0.2) is 17.1 Å². The van der Waals surface area contributed by atoms with Gasteiger partial charge < -0.3 is 15.5 Å². The highest BCUT2D eigenvalue weighted by Gasteiger charge is 2.58. The number of likely N-dealkylation sites (N-methyl/N-ethyl adjacent to an activating group) is 1. The van der Waals surface area contributed by atoms with Gasteiger partial charge in [-0.2, -0.15) is 0 Å². The van der Waals surface area contributed by atoms with Gasteiger partial charge in [0.1, 0.15) is 6.54 Å². The van der Waals surface area contributed by atoms with Gasteiger partial charge >= 0.3 is 0 Å². The number of fused-ring (bicyclic) bond motifs is 5. The van der Waals surface area contributed by atoms with Crippen molar-refractivity contribution in [3.63, 3.8) is 0 Å². The third-order valence-electron chi connectivity index (χ3n) is 5.74. The van der Waals surface area contributed by atoms with E-state index in [0.717, 1.165) is 6.42 Å². The van der Waals surface area contributed by atoms with Gasteiger partial charge in [0.2, 0.25) is 17.7 Å². The number of allylic oxidation sites excluding steroid dienone is 2. The standard InChI is InChI=1S/C20H31N5O3/c1-12(2)10-22-20(23-11-15(26)24(3)4)21-7-8-25-18(27)16-13-5-6-14(9-13)17(16)19(25)28/h5-6,12-14,16-17H,7-11H2,1-4H3,(H2,21,22,23). The van der Waals surface area contributed by atoms with Crippen LogP contribution in [0.25, 0.3) is 0 Å². The van der Waals surface area contributed by atoms with Gasteiger partial charge in [0.05, 0.1) is 11.8 Å². The van der Waals surface area contributed by atoms with Gasteiger partial charge in [0, 0.05) is 33.7 Å². The number of nitrogens with zero attached hydrogens (tertiary/aromatic N) is 3. The molecule has 1 saturated heterocycles. The number of amides is 3. The Labute approximate surface area is 166 Å². The Morgan fingerprint density at radius 1 is 1.18 bits per heavy atom. The molecule has 1 aliphatic heterocycles. The van der Waals surface area contributed by atoms with E-state index in [-0.39, 0.29) is 47.9 Å². The van der Waals surface area contributed by atoms with Crippen LogP contribution in [0.5, 0.6) is 0 Å². The fraction of sp³-hybridized carbons (Fsp3) is 0.700. The number of hydrogen-bond donors (Lipinski definition) is 2. The number of imide groups is 1. The van der Waals surface area contributed by atoms with Gasteiger partial charge in [-0.15, -0.1) is 0 Å². The predicted molar refractivity (Wildman–Crippen MR) is 106 cm³/mol. The van der Waals surface area contributed by atoms with E-state index < -0.39 is 0 Å². The predicted octanol–water partition coefficient (Wildman–Crippen LogP) is 0.0729. The molecule has 4 atom stereocenters. The van der Waals surface area contributed by atoms with Gasteiger partial charge in [-0.05, 0) is 24.2 Å². The minimum absolute atomic E-state index is 0.0370. The summed E-state index contributed by atoms with van der Waals surface area (Å²) < 4.78 is 0. The molecule has 28 heavy (non-hydrogen) atoms. The Kier molecular flexibility index (Phi) is 6.05. The van der Waals surface area contributed by atoms with Crippen LogP contribution in [0, 0.1) is 29.6 Å². The van der Waals surface area contributed by atoms with Crippen molar-refractivity contribution in [1.29, 1.82) is 0 Å². The summed E-state index contributed by atoms with van der Waals surface area (Å²) in [5, 5.41) is 6.34. The molecule has 0 aromatic rings. The van der Waals surface area contributed by atoms with Gasteiger partial charge in [0.15, 0.2) is 5.96 Å². The van der Waals surface area contributed by atoms with Crippen LogP contribution in [0.3, 0.4) is 0 Å². The Hall–Kier alpha value is -2.38. The third-order valence-corrected chi connectivity index (χ3v) is 5.74. The average molecular weight is 390 g/mol. The minimum Gasteiger partial charge on any atom is -0.356 e. The molecule has 2 aliphatic carbocycles. The second-order valence-corrected chi connectivity index (χ2v) is 8.48. The molecule has 3 rings (SSSR count). The second-order valence-electron chi connectivity index (χ2n) is 8.48. The summed E-state index contributed by atoms with van der Waals surface area (Å²) in [7, 11) is 3.38. The molecule has 154 valence electrons. The maximum Gasteiger partial charge on any atom is 0.243 e. The van der Waals surface area contributed by atoms with Crippen molar-refractivity contribution >= 4 is 23.7 Å². The number of likely N-dealkylation sites (tertiary alicyclic amines) is 1. The molecule has 0 aromatic heterocycles. The number of carbonyl (C=O) groups excluding carboxylic acids is 3. The second kappa shape index (κ2) is 8.32. The van der Waals surface area contributed by atoms with Gasteiger partial charge in [-0.3, -0.25) is 19.3 Å². The molecule has 0 aromatic carbocycles. The van der Waals surface area contributed by atoms with Gasteiger partial charge in [-0.1, -0.05) is 26.0 Å². The monoisotopic (exact) mass is 389 g/mol. The molecular formula is C20H31N5O3.